The summed E-state index contributed by atoms with van der Waals surface area (Å²) in [6, 6.07) is 8.77. The molecule has 5 nitrogen and oxygen atoms in total. The van der Waals surface area contributed by atoms with E-state index in [0.717, 1.165) is 12.1 Å². The molecule has 0 saturated heterocycles. The van der Waals surface area contributed by atoms with E-state index in [2.05, 4.69) is 14.7 Å². The molecule has 1 aromatic heterocycles. The minimum Gasteiger partial charge on any atom is -0.752 e. The Morgan fingerprint density at radius 1 is 1.03 bits per heavy atom. The van der Waals surface area contributed by atoms with Crippen molar-refractivity contribution in [1.29, 1.82) is 0 Å². The Bertz CT molecular complexity index is 1080. The second-order valence-corrected chi connectivity index (χ2v) is 6.88. The average Bonchev–Trinajstić information content (AvgIpc) is 2.71. The van der Waals surface area contributed by atoms with Crippen LogP contribution in [-0.4, -0.2) is 22.5 Å². The van der Waals surface area contributed by atoms with Crippen LogP contribution in [0, 0.1) is 5.21 Å². The Hall–Kier alpha value is -1.33. The van der Waals surface area contributed by atoms with E-state index in [0.29, 0.717) is 5.56 Å². The minimum atomic E-state index is -4.71. The minimum absolute atomic E-state index is 0. The van der Waals surface area contributed by atoms with Crippen molar-refractivity contribution < 1.29 is 51.9 Å². The van der Waals surface area contributed by atoms with Crippen LogP contribution in [0.5, 0.6) is 5.75 Å². The summed E-state index contributed by atoms with van der Waals surface area (Å²) in [7, 11) is 0. The van der Waals surface area contributed by atoms with E-state index in [1.165, 1.54) is 30.5 Å². The molecule has 158 valence electrons. The Morgan fingerprint density at radius 3 is 2.42 bits per heavy atom. The molecule has 0 bridgehead atoms. The van der Waals surface area contributed by atoms with Gasteiger partial charge in [0.25, 0.3) is 0 Å². The number of rotatable bonds is 6. The van der Waals surface area contributed by atoms with Crippen molar-refractivity contribution >= 4 is 46.4 Å². The van der Waals surface area contributed by atoms with E-state index >= 15 is 0 Å². The molecule has 0 aliphatic rings. The first-order valence-corrected chi connectivity index (χ1v) is 9.13. The normalized spacial score (nSPS) is 11.3. The Balaban J connectivity index is 0.00000341. The monoisotopic (exact) mass is 503 g/mol. The molecule has 13 heteroatoms. The molecule has 0 spiro atoms. The predicted molar refractivity (Wildman–Crippen MR) is 106 cm³/mol. The van der Waals surface area contributed by atoms with Crippen molar-refractivity contribution in [2.75, 3.05) is 5.06 Å². The van der Waals surface area contributed by atoms with Crippen molar-refractivity contribution in [3.05, 3.63) is 68.9 Å². The molecule has 0 aliphatic heterocycles. The first-order chi connectivity index (χ1) is 14.1. The fraction of sp³-hybridized carbons (Fsp3) is 0.111. The van der Waals surface area contributed by atoms with Crippen molar-refractivity contribution in [1.82, 2.24) is 9.97 Å². The van der Waals surface area contributed by atoms with Gasteiger partial charge >= 0.3 is 42.1 Å². The first-order valence-electron chi connectivity index (χ1n) is 7.99. The van der Waals surface area contributed by atoms with Gasteiger partial charge < -0.3 is 15.0 Å². The summed E-state index contributed by atoms with van der Waals surface area (Å²) in [6.07, 6.45) is -7.49. The van der Waals surface area contributed by atoms with Crippen molar-refractivity contribution in [2.45, 2.75) is 12.5 Å². The third kappa shape index (κ3) is 5.92. The molecular formula is C18H9Cl3F4N3NaO2. The van der Waals surface area contributed by atoms with E-state index in [-0.39, 0.29) is 67.0 Å². The standard InChI is InChI=1S/C18H9Cl3F4N3O2.Na/c19-12-5-4-11(14(20)15(12)21)13-6-7-26-17(27-13)28(29)9-2-1-3-10(8-9)30-18(24,25)16(22)23;/h1-8,16H;/q-1;+1. The van der Waals surface area contributed by atoms with E-state index in [9.17, 15) is 22.8 Å². The number of benzene rings is 2. The number of hydrogen-bond donors (Lipinski definition) is 0. The summed E-state index contributed by atoms with van der Waals surface area (Å²) in [5.41, 5.74) is 0.382. The van der Waals surface area contributed by atoms with E-state index in [1.807, 2.05) is 0 Å². The molecule has 31 heavy (non-hydrogen) atoms. The third-order valence-corrected chi connectivity index (χ3v) is 4.99. The summed E-state index contributed by atoms with van der Waals surface area (Å²) in [5.74, 6) is -1.00. The summed E-state index contributed by atoms with van der Waals surface area (Å²) in [5, 5.41) is 13.2. The van der Waals surface area contributed by atoms with E-state index < -0.39 is 18.3 Å². The first kappa shape index (κ1) is 25.9. The topological polar surface area (TPSA) is 61.3 Å². The maximum absolute atomic E-state index is 13.1. The molecule has 0 amide bonds. The van der Waals surface area contributed by atoms with Gasteiger partial charge in [-0.25, -0.2) is 9.97 Å². The van der Waals surface area contributed by atoms with Crippen LogP contribution in [0.2, 0.25) is 15.1 Å². The Labute approximate surface area is 210 Å². The van der Waals surface area contributed by atoms with Gasteiger partial charge in [-0.15, -0.1) is 0 Å². The third-order valence-electron chi connectivity index (χ3n) is 3.70. The largest absolute Gasteiger partial charge is 1.00 e. The zero-order chi connectivity index (χ0) is 22.1. The SMILES string of the molecule is [Na+].[O-]N(c1cccc(OC(F)(F)C(F)F)c1)c1nccc(-c2ccc(Cl)c(Cl)c2Cl)n1. The van der Waals surface area contributed by atoms with E-state index in [4.69, 9.17) is 34.8 Å². The van der Waals surface area contributed by atoms with Crippen LogP contribution in [0.25, 0.3) is 11.3 Å². The van der Waals surface area contributed by atoms with Gasteiger partial charge in [-0.05, 0) is 30.3 Å². The second-order valence-electron chi connectivity index (χ2n) is 5.72. The Kier molecular flexibility index (Phi) is 8.80. The summed E-state index contributed by atoms with van der Waals surface area (Å²) in [6.45, 7) is 0. The average molecular weight is 505 g/mol. The fourth-order valence-electron chi connectivity index (χ4n) is 2.31. The van der Waals surface area contributed by atoms with E-state index in [1.54, 1.807) is 6.07 Å². The second kappa shape index (κ2) is 10.5. The molecule has 0 atom stereocenters. The van der Waals surface area contributed by atoms with Crippen molar-refractivity contribution in [3.63, 3.8) is 0 Å². The number of alkyl halides is 4. The van der Waals surface area contributed by atoms with Crippen LogP contribution in [0.3, 0.4) is 0 Å². The molecule has 1 heterocycles. The number of halogens is 7. The fourth-order valence-corrected chi connectivity index (χ4v) is 2.94. The molecule has 0 unspecified atom stereocenters. The smallest absolute Gasteiger partial charge is 0.752 e. The van der Waals surface area contributed by atoms with Gasteiger partial charge in [-0.2, -0.15) is 17.6 Å². The van der Waals surface area contributed by atoms with Crippen LogP contribution in [-0.2, 0) is 0 Å². The molecular weight excluding hydrogens is 496 g/mol. The number of nitrogens with zero attached hydrogens (tertiary/aromatic N) is 3. The van der Waals surface area contributed by atoms with Gasteiger partial charge in [0, 0.05) is 23.5 Å². The Morgan fingerprint density at radius 2 is 1.74 bits per heavy atom. The zero-order valence-corrected chi connectivity index (χ0v) is 19.8. The summed E-state index contributed by atoms with van der Waals surface area (Å²) >= 11 is 18.1. The van der Waals surface area contributed by atoms with Crippen LogP contribution in [0.4, 0.5) is 29.2 Å². The van der Waals surface area contributed by atoms with Gasteiger partial charge in [0.1, 0.15) is 5.75 Å². The molecule has 0 radical (unpaired) electrons. The number of ether oxygens (including phenoxy) is 1. The maximum Gasteiger partial charge on any atom is 1.00 e. The van der Waals surface area contributed by atoms with Gasteiger partial charge in [-0.1, -0.05) is 40.9 Å². The molecule has 0 saturated carbocycles. The molecule has 0 N–H and O–H groups in total. The molecule has 2 aromatic carbocycles. The van der Waals surface area contributed by atoms with Crippen molar-refractivity contribution in [3.8, 4) is 17.0 Å². The van der Waals surface area contributed by atoms with Crippen LogP contribution < -0.4 is 39.4 Å². The molecule has 3 aromatic rings. The van der Waals surface area contributed by atoms with Gasteiger partial charge in [0.2, 0.25) is 5.95 Å². The van der Waals surface area contributed by atoms with Crippen LogP contribution in [0.1, 0.15) is 0 Å². The number of hydrogen-bond acceptors (Lipinski definition) is 5. The van der Waals surface area contributed by atoms with Crippen molar-refractivity contribution in [2.24, 2.45) is 0 Å². The van der Waals surface area contributed by atoms with Gasteiger partial charge in [0.15, 0.2) is 0 Å². The van der Waals surface area contributed by atoms with Crippen LogP contribution >= 0.6 is 34.8 Å². The molecule has 0 aliphatic carbocycles. The quantitative estimate of drug-likeness (QED) is 0.220. The summed E-state index contributed by atoms with van der Waals surface area (Å²) in [4.78, 5) is 7.93. The molecule has 0 fully saturated rings. The zero-order valence-electron chi connectivity index (χ0n) is 15.5. The number of anilines is 2. The van der Waals surface area contributed by atoms with Gasteiger partial charge in [0.05, 0.1) is 20.8 Å². The van der Waals surface area contributed by atoms with Crippen LogP contribution in [0.15, 0.2) is 48.7 Å². The molecule has 3 rings (SSSR count). The number of aromatic nitrogens is 2. The maximum atomic E-state index is 13.1. The predicted octanol–water partition coefficient (Wildman–Crippen LogP) is 3.98. The van der Waals surface area contributed by atoms with Gasteiger partial charge in [-0.3, -0.25) is 0 Å². The summed E-state index contributed by atoms with van der Waals surface area (Å²) < 4.78 is 54.8.